The van der Waals surface area contributed by atoms with Gasteiger partial charge in [-0.25, -0.2) is 0 Å². The molecule has 0 N–H and O–H groups in total. The van der Waals surface area contributed by atoms with Crippen molar-refractivity contribution in [2.75, 3.05) is 0 Å². The monoisotopic (exact) mass is 468 g/mol. The van der Waals surface area contributed by atoms with Gasteiger partial charge in [-0.05, 0) is 57.9 Å². The van der Waals surface area contributed by atoms with Crippen LogP contribution in [0.4, 0.5) is 0 Å². The molecule has 3 aromatic carbocycles. The molecule has 0 saturated heterocycles. The summed E-state index contributed by atoms with van der Waals surface area (Å²) in [4.78, 5) is 12.5. The minimum Gasteiger partial charge on any atom is -0.471 e. The van der Waals surface area contributed by atoms with Gasteiger partial charge in [0.25, 0.3) is 0 Å². The molecular weight excluding hydrogens is 458 g/mol. The first-order valence-electron chi connectivity index (χ1n) is 7.60. The van der Waals surface area contributed by atoms with Crippen molar-refractivity contribution < 1.29 is 9.53 Å². The van der Waals surface area contributed by atoms with Crippen molar-refractivity contribution in [2.24, 2.45) is 0 Å². The van der Waals surface area contributed by atoms with E-state index in [1.54, 1.807) is 24.3 Å². The summed E-state index contributed by atoms with van der Waals surface area (Å²) < 4.78 is 5.68. The van der Waals surface area contributed by atoms with Gasteiger partial charge in [0.05, 0.1) is 10.0 Å². The largest absolute Gasteiger partial charge is 0.471 e. The average Bonchev–Trinajstić information content (AvgIpc) is 2.62. The number of ether oxygens (including phenoxy) is 1. The van der Waals surface area contributed by atoms with Gasteiger partial charge < -0.3 is 4.74 Å². The maximum Gasteiger partial charge on any atom is 0.215 e. The molecule has 0 aliphatic heterocycles. The first-order chi connectivity index (χ1) is 12.5. The molecular formula is C20H12BrCl3O2. The lowest BCUT2D eigenvalue weighted by Crippen LogP contribution is -2.21. The maximum atomic E-state index is 12.5. The van der Waals surface area contributed by atoms with E-state index in [-0.39, 0.29) is 10.8 Å². The summed E-state index contributed by atoms with van der Waals surface area (Å²) in [5.41, 5.74) is 2.21. The van der Waals surface area contributed by atoms with Gasteiger partial charge in [0.15, 0.2) is 0 Å². The standard InChI is InChI=1S/C20H12BrCl3O2/c21-20(19(25)16-8-6-13(22)10-17(16)23)26-14-7-9-15(18(24)11-14)12-4-2-1-3-5-12/h1-11,20H. The second kappa shape index (κ2) is 8.45. The second-order valence-corrected chi connectivity index (χ2v) is 7.51. The lowest BCUT2D eigenvalue weighted by Gasteiger charge is -2.14. The van der Waals surface area contributed by atoms with Crippen molar-refractivity contribution in [3.05, 3.63) is 87.4 Å². The lowest BCUT2D eigenvalue weighted by atomic mass is 10.1. The summed E-state index contributed by atoms with van der Waals surface area (Å²) in [7, 11) is 0. The number of carbonyl (C=O) groups excluding carboxylic acids is 1. The molecule has 0 radical (unpaired) electrons. The van der Waals surface area contributed by atoms with Crippen molar-refractivity contribution in [3.63, 3.8) is 0 Å². The van der Waals surface area contributed by atoms with Crippen LogP contribution in [0.25, 0.3) is 11.1 Å². The van der Waals surface area contributed by atoms with E-state index < -0.39 is 5.01 Å². The third kappa shape index (κ3) is 4.41. The van der Waals surface area contributed by atoms with Crippen LogP contribution in [0.2, 0.25) is 15.1 Å². The zero-order chi connectivity index (χ0) is 18.7. The second-order valence-electron chi connectivity index (χ2n) is 5.43. The molecule has 3 aromatic rings. The summed E-state index contributed by atoms with van der Waals surface area (Å²) in [6.45, 7) is 0. The molecule has 26 heavy (non-hydrogen) atoms. The van der Waals surface area contributed by atoms with Gasteiger partial charge >= 0.3 is 0 Å². The molecule has 1 unspecified atom stereocenters. The summed E-state index contributed by atoms with van der Waals surface area (Å²) >= 11 is 21.6. The van der Waals surface area contributed by atoms with Crippen LogP contribution in [0, 0.1) is 0 Å². The van der Waals surface area contributed by atoms with Gasteiger partial charge in [-0.3, -0.25) is 4.79 Å². The van der Waals surface area contributed by atoms with Gasteiger partial charge in [0.2, 0.25) is 10.8 Å². The first-order valence-corrected chi connectivity index (χ1v) is 9.65. The van der Waals surface area contributed by atoms with E-state index in [1.807, 2.05) is 36.4 Å². The predicted octanol–water partition coefficient (Wildman–Crippen LogP) is 7.30. The quantitative estimate of drug-likeness (QED) is 0.289. The smallest absolute Gasteiger partial charge is 0.215 e. The van der Waals surface area contributed by atoms with Crippen LogP contribution in [0.3, 0.4) is 0 Å². The molecule has 0 fully saturated rings. The molecule has 0 aliphatic rings. The van der Waals surface area contributed by atoms with Gasteiger partial charge in [0.1, 0.15) is 5.75 Å². The topological polar surface area (TPSA) is 26.3 Å². The zero-order valence-electron chi connectivity index (χ0n) is 13.3. The van der Waals surface area contributed by atoms with Crippen LogP contribution in [-0.4, -0.2) is 10.8 Å². The molecule has 0 spiro atoms. The Hall–Kier alpha value is -1.52. The van der Waals surface area contributed by atoms with E-state index in [0.717, 1.165) is 11.1 Å². The number of rotatable bonds is 5. The van der Waals surface area contributed by atoms with Gasteiger partial charge in [-0.15, -0.1) is 0 Å². The molecule has 0 amide bonds. The van der Waals surface area contributed by atoms with Crippen LogP contribution < -0.4 is 4.74 Å². The van der Waals surface area contributed by atoms with Crippen molar-refractivity contribution >= 4 is 56.5 Å². The minimum absolute atomic E-state index is 0.271. The molecule has 2 nitrogen and oxygen atoms in total. The Kier molecular flexibility index (Phi) is 6.25. The fraction of sp³-hybridized carbons (Fsp3) is 0.0500. The number of ketones is 1. The van der Waals surface area contributed by atoms with Crippen molar-refractivity contribution in [3.8, 4) is 16.9 Å². The Bertz CT molecular complexity index is 945. The Morgan fingerprint density at radius 3 is 2.27 bits per heavy atom. The van der Waals surface area contributed by atoms with Gasteiger partial charge in [-0.2, -0.15) is 0 Å². The predicted molar refractivity (Wildman–Crippen MR) is 111 cm³/mol. The van der Waals surface area contributed by atoms with E-state index >= 15 is 0 Å². The highest BCUT2D eigenvalue weighted by Crippen LogP contribution is 2.32. The van der Waals surface area contributed by atoms with Gasteiger partial charge in [0, 0.05) is 16.1 Å². The summed E-state index contributed by atoms with van der Waals surface area (Å²) in [6.07, 6.45) is 0. The number of carbonyl (C=O) groups is 1. The Morgan fingerprint density at radius 1 is 0.885 bits per heavy atom. The van der Waals surface area contributed by atoms with E-state index in [0.29, 0.717) is 21.4 Å². The Morgan fingerprint density at radius 2 is 1.62 bits per heavy atom. The van der Waals surface area contributed by atoms with Crippen LogP contribution in [0.1, 0.15) is 10.4 Å². The lowest BCUT2D eigenvalue weighted by molar-refractivity contribution is 0.0897. The molecule has 1 atom stereocenters. The van der Waals surface area contributed by atoms with Crippen molar-refractivity contribution in [1.29, 1.82) is 0 Å². The molecule has 0 aliphatic carbocycles. The van der Waals surface area contributed by atoms with Gasteiger partial charge in [-0.1, -0.05) is 65.1 Å². The number of Topliss-reactive ketones (excluding diaryl/α,β-unsaturated/α-hetero) is 1. The zero-order valence-corrected chi connectivity index (χ0v) is 17.1. The highest BCUT2D eigenvalue weighted by Gasteiger charge is 2.21. The van der Waals surface area contributed by atoms with Crippen molar-refractivity contribution in [1.82, 2.24) is 0 Å². The molecule has 0 saturated carbocycles. The highest BCUT2D eigenvalue weighted by molar-refractivity contribution is 9.09. The average molecular weight is 471 g/mol. The minimum atomic E-state index is -0.903. The number of benzene rings is 3. The highest BCUT2D eigenvalue weighted by atomic mass is 79.9. The number of halogens is 4. The van der Waals surface area contributed by atoms with E-state index in [4.69, 9.17) is 39.5 Å². The van der Waals surface area contributed by atoms with E-state index in [2.05, 4.69) is 15.9 Å². The van der Waals surface area contributed by atoms with Crippen LogP contribution in [-0.2, 0) is 0 Å². The van der Waals surface area contributed by atoms with Crippen LogP contribution >= 0.6 is 50.7 Å². The Labute approximate surface area is 174 Å². The first kappa shape index (κ1) is 19.2. The van der Waals surface area contributed by atoms with Crippen LogP contribution in [0.5, 0.6) is 5.75 Å². The van der Waals surface area contributed by atoms with E-state index in [9.17, 15) is 4.79 Å². The molecule has 132 valence electrons. The maximum absolute atomic E-state index is 12.5. The summed E-state index contributed by atoms with van der Waals surface area (Å²) in [6, 6.07) is 19.8. The Balaban J connectivity index is 1.78. The molecule has 0 bridgehead atoms. The molecule has 0 aromatic heterocycles. The molecule has 0 heterocycles. The number of hydrogen-bond donors (Lipinski definition) is 0. The molecule has 6 heteroatoms. The van der Waals surface area contributed by atoms with E-state index in [1.165, 1.54) is 6.07 Å². The normalized spacial score (nSPS) is 11.8. The fourth-order valence-corrected chi connectivity index (χ4v) is 3.65. The summed E-state index contributed by atoms with van der Waals surface area (Å²) in [5.74, 6) is 0.157. The van der Waals surface area contributed by atoms with Crippen LogP contribution in [0.15, 0.2) is 66.7 Å². The summed E-state index contributed by atoms with van der Waals surface area (Å²) in [5, 5.41) is 0.361. The molecule has 3 rings (SSSR count). The third-order valence-corrected chi connectivity index (χ3v) is 5.13. The fourth-order valence-electron chi connectivity index (χ4n) is 2.41. The SMILES string of the molecule is O=C(c1ccc(Cl)cc1Cl)C(Br)Oc1ccc(-c2ccccc2)c(Cl)c1. The van der Waals surface area contributed by atoms with Crippen molar-refractivity contribution in [2.45, 2.75) is 5.01 Å². The number of alkyl halides is 1. The number of hydrogen-bond acceptors (Lipinski definition) is 2. The third-order valence-electron chi connectivity index (χ3n) is 3.67.